The van der Waals surface area contributed by atoms with E-state index >= 15 is 0 Å². The van der Waals surface area contributed by atoms with Gasteiger partial charge in [-0.05, 0) is 36.4 Å². The molecule has 0 radical (unpaired) electrons. The molecule has 3 aromatic rings. The number of benzene rings is 1. The smallest absolute Gasteiger partial charge is 0.276 e. The number of aromatic nitrogens is 3. The van der Waals surface area contributed by atoms with Crippen molar-refractivity contribution in [2.75, 3.05) is 5.32 Å². The first-order valence-corrected chi connectivity index (χ1v) is 6.46. The first-order chi connectivity index (χ1) is 9.63. The standard InChI is InChI=1S/C13H8Cl2N4O/c14-8-3-4-11(10(15)6-8)17-13(20)12-7-9-2-1-5-16-19(9)18-12/h1-7H,(H,17,20). The number of amides is 1. The first-order valence-electron chi connectivity index (χ1n) is 5.71. The van der Waals surface area contributed by atoms with Gasteiger partial charge in [0.25, 0.3) is 5.91 Å². The monoisotopic (exact) mass is 306 g/mol. The number of carbonyl (C=O) groups excluding carboxylic acids is 1. The maximum Gasteiger partial charge on any atom is 0.276 e. The normalized spacial score (nSPS) is 10.7. The Morgan fingerprint density at radius 2 is 2.05 bits per heavy atom. The Morgan fingerprint density at radius 1 is 1.20 bits per heavy atom. The summed E-state index contributed by atoms with van der Waals surface area (Å²) < 4.78 is 1.39. The molecule has 100 valence electrons. The molecule has 0 aliphatic rings. The van der Waals surface area contributed by atoms with Crippen molar-refractivity contribution in [2.24, 2.45) is 0 Å². The second-order valence-corrected chi connectivity index (χ2v) is 4.89. The Hall–Kier alpha value is -2.11. The Labute approximate surface area is 124 Å². The van der Waals surface area contributed by atoms with Crippen LogP contribution in [0.3, 0.4) is 0 Å². The zero-order valence-electron chi connectivity index (χ0n) is 10.0. The Bertz CT molecular complexity index is 767. The summed E-state index contributed by atoms with van der Waals surface area (Å²) in [5, 5.41) is 11.6. The summed E-state index contributed by atoms with van der Waals surface area (Å²) >= 11 is 11.8. The highest BCUT2D eigenvalue weighted by molar-refractivity contribution is 6.36. The van der Waals surface area contributed by atoms with Crippen LogP contribution in [0.25, 0.3) is 5.52 Å². The number of hydrogen-bond donors (Lipinski definition) is 1. The number of carbonyl (C=O) groups is 1. The second kappa shape index (κ2) is 5.11. The fraction of sp³-hybridized carbons (Fsp3) is 0. The van der Waals surface area contributed by atoms with Gasteiger partial charge in [0.1, 0.15) is 0 Å². The van der Waals surface area contributed by atoms with Crippen LogP contribution in [0, 0.1) is 0 Å². The number of nitrogens with zero attached hydrogens (tertiary/aromatic N) is 3. The third kappa shape index (κ3) is 2.45. The Morgan fingerprint density at radius 3 is 2.80 bits per heavy atom. The van der Waals surface area contributed by atoms with E-state index < -0.39 is 0 Å². The van der Waals surface area contributed by atoms with Crippen LogP contribution >= 0.6 is 23.2 Å². The molecule has 1 amide bonds. The van der Waals surface area contributed by atoms with Gasteiger partial charge in [-0.3, -0.25) is 4.79 Å². The highest BCUT2D eigenvalue weighted by Gasteiger charge is 2.13. The van der Waals surface area contributed by atoms with Crippen molar-refractivity contribution in [3.05, 3.63) is 58.3 Å². The van der Waals surface area contributed by atoms with Gasteiger partial charge in [0.15, 0.2) is 5.69 Å². The first kappa shape index (κ1) is 12.9. The maximum atomic E-state index is 12.1. The number of anilines is 1. The van der Waals surface area contributed by atoms with Crippen molar-refractivity contribution < 1.29 is 4.79 Å². The average Bonchev–Trinajstić information content (AvgIpc) is 2.86. The van der Waals surface area contributed by atoms with Crippen molar-refractivity contribution in [3.63, 3.8) is 0 Å². The van der Waals surface area contributed by atoms with Gasteiger partial charge in [0, 0.05) is 11.2 Å². The molecule has 0 bridgehead atoms. The van der Waals surface area contributed by atoms with E-state index in [1.165, 1.54) is 4.63 Å². The molecule has 5 nitrogen and oxygen atoms in total. The predicted octanol–water partition coefficient (Wildman–Crippen LogP) is 3.29. The molecular weight excluding hydrogens is 299 g/mol. The van der Waals surface area contributed by atoms with Crippen molar-refractivity contribution in [3.8, 4) is 0 Å². The summed E-state index contributed by atoms with van der Waals surface area (Å²) in [6.45, 7) is 0. The van der Waals surface area contributed by atoms with E-state index in [0.29, 0.717) is 15.7 Å². The van der Waals surface area contributed by atoms with E-state index in [4.69, 9.17) is 23.2 Å². The molecule has 1 N–H and O–H groups in total. The highest BCUT2D eigenvalue weighted by atomic mass is 35.5. The van der Waals surface area contributed by atoms with Crippen LogP contribution in [0.2, 0.25) is 10.0 Å². The third-order valence-electron chi connectivity index (χ3n) is 2.66. The van der Waals surface area contributed by atoms with Gasteiger partial charge in [0.2, 0.25) is 0 Å². The minimum atomic E-state index is -0.361. The van der Waals surface area contributed by atoms with E-state index in [1.807, 2.05) is 6.07 Å². The quantitative estimate of drug-likeness (QED) is 0.790. The van der Waals surface area contributed by atoms with Crippen molar-refractivity contribution in [2.45, 2.75) is 0 Å². The highest BCUT2D eigenvalue weighted by Crippen LogP contribution is 2.25. The third-order valence-corrected chi connectivity index (χ3v) is 3.21. The van der Waals surface area contributed by atoms with Crippen LogP contribution in [0.5, 0.6) is 0 Å². The fourth-order valence-electron chi connectivity index (χ4n) is 1.73. The molecular formula is C13H8Cl2N4O. The summed E-state index contributed by atoms with van der Waals surface area (Å²) in [5.41, 5.74) is 1.47. The molecule has 0 fully saturated rings. The van der Waals surface area contributed by atoms with E-state index in [-0.39, 0.29) is 11.6 Å². The SMILES string of the molecule is O=C(Nc1ccc(Cl)cc1Cl)c1cc2cccnn2n1. The largest absolute Gasteiger partial charge is 0.319 e. The topological polar surface area (TPSA) is 59.3 Å². The molecule has 7 heteroatoms. The van der Waals surface area contributed by atoms with Crippen LogP contribution in [0.15, 0.2) is 42.6 Å². The molecule has 2 heterocycles. The van der Waals surface area contributed by atoms with E-state index in [9.17, 15) is 4.79 Å². The lowest BCUT2D eigenvalue weighted by molar-refractivity contribution is 0.102. The summed E-state index contributed by atoms with van der Waals surface area (Å²) in [7, 11) is 0. The minimum absolute atomic E-state index is 0.259. The Balaban J connectivity index is 1.89. The summed E-state index contributed by atoms with van der Waals surface area (Å²) in [5.74, 6) is -0.361. The van der Waals surface area contributed by atoms with E-state index in [0.717, 1.165) is 5.52 Å². The van der Waals surface area contributed by atoms with Gasteiger partial charge in [-0.2, -0.15) is 9.73 Å². The molecule has 0 atom stereocenters. The Kier molecular flexibility index (Phi) is 3.30. The molecule has 0 saturated carbocycles. The van der Waals surface area contributed by atoms with Crippen LogP contribution < -0.4 is 5.32 Å². The van der Waals surface area contributed by atoms with Gasteiger partial charge in [-0.25, -0.2) is 0 Å². The van der Waals surface area contributed by atoms with Crippen LogP contribution in [0.4, 0.5) is 5.69 Å². The fourth-order valence-corrected chi connectivity index (χ4v) is 2.18. The molecule has 0 aliphatic heterocycles. The summed E-state index contributed by atoms with van der Waals surface area (Å²) in [6, 6.07) is 10.1. The van der Waals surface area contributed by atoms with Gasteiger partial charge < -0.3 is 5.32 Å². The molecule has 2 aromatic heterocycles. The molecule has 3 rings (SSSR count). The zero-order valence-corrected chi connectivity index (χ0v) is 11.6. The molecule has 0 unspecified atom stereocenters. The van der Waals surface area contributed by atoms with Gasteiger partial charge in [-0.1, -0.05) is 23.2 Å². The lowest BCUT2D eigenvalue weighted by Crippen LogP contribution is -2.13. The number of hydrogen-bond acceptors (Lipinski definition) is 3. The zero-order chi connectivity index (χ0) is 14.1. The van der Waals surface area contributed by atoms with Gasteiger partial charge in [0.05, 0.1) is 16.2 Å². The van der Waals surface area contributed by atoms with E-state index in [1.54, 1.807) is 36.5 Å². The number of halogens is 2. The van der Waals surface area contributed by atoms with Crippen molar-refractivity contribution >= 4 is 40.3 Å². The van der Waals surface area contributed by atoms with Crippen LogP contribution in [-0.2, 0) is 0 Å². The number of nitrogens with one attached hydrogen (secondary N) is 1. The van der Waals surface area contributed by atoms with Crippen molar-refractivity contribution in [1.29, 1.82) is 0 Å². The molecule has 0 aliphatic carbocycles. The molecule has 20 heavy (non-hydrogen) atoms. The van der Waals surface area contributed by atoms with Crippen LogP contribution in [-0.4, -0.2) is 20.7 Å². The molecule has 0 saturated heterocycles. The lowest BCUT2D eigenvalue weighted by atomic mass is 10.3. The van der Waals surface area contributed by atoms with Crippen LogP contribution in [0.1, 0.15) is 10.5 Å². The van der Waals surface area contributed by atoms with Crippen molar-refractivity contribution in [1.82, 2.24) is 14.8 Å². The maximum absolute atomic E-state index is 12.1. The molecule has 0 spiro atoms. The average molecular weight is 307 g/mol. The van der Waals surface area contributed by atoms with Gasteiger partial charge in [-0.15, -0.1) is 5.10 Å². The summed E-state index contributed by atoms with van der Waals surface area (Å²) in [6.07, 6.45) is 1.59. The van der Waals surface area contributed by atoms with E-state index in [2.05, 4.69) is 15.5 Å². The summed E-state index contributed by atoms with van der Waals surface area (Å²) in [4.78, 5) is 12.1. The number of fused-ring (bicyclic) bond motifs is 1. The number of rotatable bonds is 2. The molecule has 1 aromatic carbocycles. The minimum Gasteiger partial charge on any atom is -0.319 e. The lowest BCUT2D eigenvalue weighted by Gasteiger charge is -2.05. The second-order valence-electron chi connectivity index (χ2n) is 4.05. The predicted molar refractivity (Wildman–Crippen MR) is 77.4 cm³/mol. The van der Waals surface area contributed by atoms with Gasteiger partial charge >= 0.3 is 0 Å².